The number of hydrogen-bond donors (Lipinski definition) is 0. The Bertz CT molecular complexity index is 661. The molecule has 0 aliphatic carbocycles. The lowest BCUT2D eigenvalue weighted by atomic mass is 10.2. The van der Waals surface area contributed by atoms with Gasteiger partial charge in [0.15, 0.2) is 5.82 Å². The minimum Gasteiger partial charge on any atom is -0.379 e. The molecule has 1 aromatic heterocycles. The third kappa shape index (κ3) is 4.03. The van der Waals surface area contributed by atoms with Gasteiger partial charge in [-0.2, -0.15) is 17.9 Å². The molecule has 2 heterocycles. The fraction of sp³-hybridized carbons (Fsp3) is 0.500. The van der Waals surface area contributed by atoms with Gasteiger partial charge < -0.3 is 4.74 Å². The van der Waals surface area contributed by atoms with E-state index in [4.69, 9.17) is 4.74 Å². The zero-order valence-corrected chi connectivity index (χ0v) is 13.7. The Kier molecular flexibility index (Phi) is 5.79. The number of tetrazole rings is 1. The second-order valence-corrected chi connectivity index (χ2v) is 5.45. The van der Waals surface area contributed by atoms with Crippen LogP contribution in [-0.4, -0.2) is 50.9 Å². The van der Waals surface area contributed by atoms with Crippen LogP contribution < -0.4 is 0 Å². The number of alkyl halides is 3. The normalized spacial score (nSPS) is 19.1. The Labute approximate surface area is 143 Å². The number of hydrogen-bond acceptors (Lipinski definition) is 5. The van der Waals surface area contributed by atoms with Crippen molar-refractivity contribution in [2.75, 3.05) is 19.8 Å². The Hall–Kier alpha value is -1.71. The van der Waals surface area contributed by atoms with E-state index in [0.717, 1.165) is 18.7 Å². The molecule has 0 amide bonds. The van der Waals surface area contributed by atoms with Gasteiger partial charge in [-0.25, -0.2) is 0 Å². The molecule has 3 rings (SSSR count). The summed E-state index contributed by atoms with van der Waals surface area (Å²) in [5.41, 5.74) is -0.198. The van der Waals surface area contributed by atoms with Gasteiger partial charge in [-0.1, -0.05) is 0 Å². The van der Waals surface area contributed by atoms with Gasteiger partial charge in [-0.3, -0.25) is 4.90 Å². The van der Waals surface area contributed by atoms with Crippen LogP contribution in [0.2, 0.25) is 0 Å². The van der Waals surface area contributed by atoms with Gasteiger partial charge in [-0.15, -0.1) is 17.5 Å². The van der Waals surface area contributed by atoms with Gasteiger partial charge in [0.1, 0.15) is 0 Å². The number of ether oxygens (including phenoxy) is 1. The first-order valence-corrected chi connectivity index (χ1v) is 7.22. The highest BCUT2D eigenvalue weighted by Crippen LogP contribution is 2.29. The first-order chi connectivity index (χ1) is 10.9. The maximum absolute atomic E-state index is 12.6. The van der Waals surface area contributed by atoms with E-state index in [9.17, 15) is 13.2 Å². The summed E-state index contributed by atoms with van der Waals surface area (Å²) in [6.07, 6.45) is -4.36. The third-order valence-corrected chi connectivity index (χ3v) is 3.82. The van der Waals surface area contributed by atoms with Gasteiger partial charge >= 0.3 is 6.18 Å². The fourth-order valence-electron chi connectivity index (χ4n) is 2.47. The summed E-state index contributed by atoms with van der Waals surface area (Å²) in [5.74, 6) is 0.582. The average Bonchev–Trinajstić information content (AvgIpc) is 2.97. The molecule has 6 nitrogen and oxygen atoms in total. The molecule has 1 aliphatic rings. The molecule has 0 N–H and O–H groups in total. The molecule has 0 radical (unpaired) electrons. The molecule has 1 aromatic carbocycles. The molecule has 132 valence electrons. The summed E-state index contributed by atoms with van der Waals surface area (Å²) in [5, 5.41) is 11.5. The third-order valence-electron chi connectivity index (χ3n) is 3.82. The van der Waals surface area contributed by atoms with Crippen molar-refractivity contribution < 1.29 is 17.9 Å². The molecular formula is C14H17ClF3N5O. The van der Waals surface area contributed by atoms with E-state index in [1.54, 1.807) is 0 Å². The van der Waals surface area contributed by atoms with Crippen LogP contribution in [0, 0.1) is 0 Å². The van der Waals surface area contributed by atoms with Crippen LogP contribution >= 0.6 is 12.4 Å². The summed E-state index contributed by atoms with van der Waals surface area (Å²) in [7, 11) is 0. The molecule has 0 unspecified atom stereocenters. The van der Waals surface area contributed by atoms with Crippen LogP contribution in [0.5, 0.6) is 0 Å². The Morgan fingerprint density at radius 1 is 1.25 bits per heavy atom. The molecule has 0 saturated carbocycles. The lowest BCUT2D eigenvalue weighted by Gasteiger charge is -2.32. The lowest BCUT2D eigenvalue weighted by molar-refractivity contribution is -0.137. The van der Waals surface area contributed by atoms with Gasteiger partial charge in [0.05, 0.1) is 31.0 Å². The van der Waals surface area contributed by atoms with Gasteiger partial charge in [0, 0.05) is 12.6 Å². The van der Waals surface area contributed by atoms with Crippen molar-refractivity contribution in [2.45, 2.75) is 25.7 Å². The lowest BCUT2D eigenvalue weighted by Crippen LogP contribution is -2.43. The van der Waals surface area contributed by atoms with Gasteiger partial charge in [0.2, 0.25) is 0 Å². The van der Waals surface area contributed by atoms with E-state index in [0.29, 0.717) is 31.3 Å². The van der Waals surface area contributed by atoms with Gasteiger partial charge in [-0.05, 0) is 41.6 Å². The number of morpholine rings is 1. The predicted molar refractivity (Wildman–Crippen MR) is 82.1 cm³/mol. The number of rotatable bonds is 3. The smallest absolute Gasteiger partial charge is 0.379 e. The number of benzene rings is 1. The first-order valence-electron chi connectivity index (χ1n) is 7.22. The maximum atomic E-state index is 12.6. The molecule has 0 spiro atoms. The second kappa shape index (κ2) is 7.45. The predicted octanol–water partition coefficient (Wildman–Crippen LogP) is 2.32. The highest BCUT2D eigenvalue weighted by molar-refractivity contribution is 5.85. The number of aromatic nitrogens is 4. The zero-order chi connectivity index (χ0) is 16.4. The average molecular weight is 364 g/mol. The molecular weight excluding hydrogens is 347 g/mol. The maximum Gasteiger partial charge on any atom is 0.416 e. The minimum absolute atomic E-state index is 0. The van der Waals surface area contributed by atoms with Crippen molar-refractivity contribution in [3.8, 4) is 5.69 Å². The second-order valence-electron chi connectivity index (χ2n) is 5.45. The van der Waals surface area contributed by atoms with E-state index < -0.39 is 11.7 Å². The molecule has 10 heteroatoms. The molecule has 24 heavy (non-hydrogen) atoms. The van der Waals surface area contributed by atoms with Crippen LogP contribution in [0.15, 0.2) is 24.3 Å². The quantitative estimate of drug-likeness (QED) is 0.837. The SMILES string of the molecule is C[C@H]1COCCN1Cc1nnnn1-c1ccc(C(F)(F)F)cc1.Cl. The van der Waals surface area contributed by atoms with Crippen molar-refractivity contribution >= 4 is 12.4 Å². The van der Waals surface area contributed by atoms with E-state index in [1.165, 1.54) is 16.8 Å². The Morgan fingerprint density at radius 2 is 1.96 bits per heavy atom. The standard InChI is InChI=1S/C14H16F3N5O.ClH/c1-10-9-23-7-6-21(10)8-13-18-19-20-22(13)12-4-2-11(3-5-12)14(15,16)17;/h2-5,10H,6-9H2,1H3;1H/t10-;/m0./s1. The summed E-state index contributed by atoms with van der Waals surface area (Å²) in [6, 6.07) is 5.02. The van der Waals surface area contributed by atoms with Crippen molar-refractivity contribution in [3.63, 3.8) is 0 Å². The van der Waals surface area contributed by atoms with Gasteiger partial charge in [0.25, 0.3) is 0 Å². The van der Waals surface area contributed by atoms with Crippen LogP contribution in [0.25, 0.3) is 5.69 Å². The molecule has 1 aliphatic heterocycles. The molecule has 0 bridgehead atoms. The van der Waals surface area contributed by atoms with Crippen LogP contribution in [0.1, 0.15) is 18.3 Å². The summed E-state index contributed by atoms with van der Waals surface area (Å²) < 4.78 is 44.7. The Morgan fingerprint density at radius 3 is 2.58 bits per heavy atom. The zero-order valence-electron chi connectivity index (χ0n) is 12.9. The number of nitrogens with zero attached hydrogens (tertiary/aromatic N) is 5. The van der Waals surface area contributed by atoms with Crippen molar-refractivity contribution in [1.82, 2.24) is 25.1 Å². The Balaban J connectivity index is 0.00000208. The van der Waals surface area contributed by atoms with Crippen LogP contribution in [0.3, 0.4) is 0 Å². The topological polar surface area (TPSA) is 56.1 Å². The summed E-state index contributed by atoms with van der Waals surface area (Å²) in [6.45, 7) is 4.61. The van der Waals surface area contributed by atoms with Crippen molar-refractivity contribution in [3.05, 3.63) is 35.7 Å². The van der Waals surface area contributed by atoms with Crippen LogP contribution in [-0.2, 0) is 17.5 Å². The number of halogens is 4. The molecule has 1 atom stereocenters. The van der Waals surface area contributed by atoms with Crippen LogP contribution in [0.4, 0.5) is 13.2 Å². The van der Waals surface area contributed by atoms with E-state index >= 15 is 0 Å². The first kappa shape index (κ1) is 18.6. The minimum atomic E-state index is -4.36. The van der Waals surface area contributed by atoms with E-state index in [2.05, 4.69) is 20.4 Å². The largest absolute Gasteiger partial charge is 0.416 e. The molecule has 1 fully saturated rings. The highest BCUT2D eigenvalue weighted by atomic mass is 35.5. The summed E-state index contributed by atoms with van der Waals surface area (Å²) >= 11 is 0. The highest BCUT2D eigenvalue weighted by Gasteiger charge is 2.30. The monoisotopic (exact) mass is 363 g/mol. The molecule has 1 saturated heterocycles. The summed E-state index contributed by atoms with van der Waals surface area (Å²) in [4.78, 5) is 2.18. The van der Waals surface area contributed by atoms with E-state index in [1.807, 2.05) is 6.92 Å². The van der Waals surface area contributed by atoms with Crippen molar-refractivity contribution in [2.24, 2.45) is 0 Å². The molecule has 2 aromatic rings. The van der Waals surface area contributed by atoms with Crippen molar-refractivity contribution in [1.29, 1.82) is 0 Å². The van der Waals surface area contributed by atoms with E-state index in [-0.39, 0.29) is 18.4 Å². The fourth-order valence-corrected chi connectivity index (χ4v) is 2.47.